The van der Waals surface area contributed by atoms with Crippen molar-refractivity contribution in [3.63, 3.8) is 0 Å². The maximum absolute atomic E-state index is 13.0. The first-order valence-electron chi connectivity index (χ1n) is 10.4. The van der Waals surface area contributed by atoms with Gasteiger partial charge in [0.15, 0.2) is 5.82 Å². The van der Waals surface area contributed by atoms with Crippen LogP contribution in [0.3, 0.4) is 0 Å². The summed E-state index contributed by atoms with van der Waals surface area (Å²) < 4.78 is 0. The number of carboxylic acids is 1. The highest BCUT2D eigenvalue weighted by Crippen LogP contribution is 2.34. The number of H-pyrrole nitrogens is 2. The first kappa shape index (κ1) is 21.3. The zero-order valence-corrected chi connectivity index (χ0v) is 17.8. The summed E-state index contributed by atoms with van der Waals surface area (Å²) in [7, 11) is 0. The zero-order chi connectivity index (χ0) is 22.8. The van der Waals surface area contributed by atoms with Crippen molar-refractivity contribution in [3.8, 4) is 11.4 Å². The lowest BCUT2D eigenvalue weighted by Gasteiger charge is -2.34. The molecule has 1 atom stereocenters. The molecule has 4 rings (SSSR count). The number of nitrogens with zero attached hydrogens (tertiary/aromatic N) is 4. The van der Waals surface area contributed by atoms with E-state index in [1.165, 1.54) is 18.0 Å². The monoisotopic (exact) mass is 436 g/mol. The predicted molar refractivity (Wildman–Crippen MR) is 116 cm³/mol. The Morgan fingerprint density at radius 2 is 1.97 bits per heavy atom. The number of hydrogen-bond acceptors (Lipinski definition) is 6. The number of fused-ring (bicyclic) bond motifs is 1. The van der Waals surface area contributed by atoms with Crippen LogP contribution in [0, 0.1) is 0 Å². The van der Waals surface area contributed by atoms with E-state index in [4.69, 9.17) is 0 Å². The van der Waals surface area contributed by atoms with Gasteiger partial charge in [-0.15, -0.1) is 0 Å². The Bertz CT molecular complexity index is 1150. The van der Waals surface area contributed by atoms with Crippen LogP contribution < -0.4 is 4.90 Å². The summed E-state index contributed by atoms with van der Waals surface area (Å²) in [6, 6.07) is 8.85. The van der Waals surface area contributed by atoms with E-state index in [0.717, 1.165) is 6.42 Å². The van der Waals surface area contributed by atoms with E-state index < -0.39 is 11.9 Å². The molecule has 32 heavy (non-hydrogen) atoms. The quantitative estimate of drug-likeness (QED) is 0.493. The summed E-state index contributed by atoms with van der Waals surface area (Å²) in [5.74, 6) is -1.60. The smallest absolute Gasteiger partial charge is 0.317 e. The number of imidazole rings is 1. The molecule has 1 amide bonds. The van der Waals surface area contributed by atoms with Crippen molar-refractivity contribution >= 4 is 23.5 Å². The largest absolute Gasteiger partial charge is 0.480 e. The second-order valence-electron chi connectivity index (χ2n) is 7.77. The highest BCUT2D eigenvalue weighted by molar-refractivity contribution is 6.01. The molecule has 10 heteroatoms. The number of carbonyl (C=O) groups excluding carboxylic acids is 2. The van der Waals surface area contributed by atoms with E-state index in [1.807, 2.05) is 17.9 Å². The van der Waals surface area contributed by atoms with Crippen LogP contribution in [0.4, 0.5) is 5.82 Å². The number of benzene rings is 1. The third-order valence-corrected chi connectivity index (χ3v) is 5.33. The van der Waals surface area contributed by atoms with Crippen LogP contribution in [-0.2, 0) is 9.59 Å². The summed E-state index contributed by atoms with van der Waals surface area (Å²) >= 11 is 0. The molecular weight excluding hydrogens is 412 g/mol. The fourth-order valence-electron chi connectivity index (χ4n) is 3.99. The Hall–Kier alpha value is -3.95. The normalized spacial score (nSPS) is 14.4. The molecule has 2 aromatic heterocycles. The summed E-state index contributed by atoms with van der Waals surface area (Å²) in [5, 5.41) is 16.8. The number of carboxylic acid groups (broad SMARTS) is 1. The molecule has 1 aromatic carbocycles. The van der Waals surface area contributed by atoms with Crippen LogP contribution in [0.5, 0.6) is 0 Å². The van der Waals surface area contributed by atoms with E-state index in [2.05, 4.69) is 20.2 Å². The van der Waals surface area contributed by atoms with Crippen molar-refractivity contribution in [3.05, 3.63) is 53.5 Å². The predicted octanol–water partition coefficient (Wildman–Crippen LogP) is 2.23. The van der Waals surface area contributed by atoms with Gasteiger partial charge in [0.2, 0.25) is 0 Å². The second-order valence-corrected chi connectivity index (χ2v) is 7.77. The van der Waals surface area contributed by atoms with Gasteiger partial charge in [0.1, 0.15) is 23.2 Å². The number of nitrogens with one attached hydrogen (secondary N) is 2. The van der Waals surface area contributed by atoms with E-state index in [0.29, 0.717) is 35.0 Å². The molecule has 0 radical (unpaired) electrons. The number of amides is 1. The topological polar surface area (TPSA) is 135 Å². The fraction of sp³-hybridized carbons (Fsp3) is 0.318. The second kappa shape index (κ2) is 8.66. The van der Waals surface area contributed by atoms with Gasteiger partial charge in [0, 0.05) is 6.54 Å². The number of ketones is 1. The van der Waals surface area contributed by atoms with Crippen LogP contribution in [0.15, 0.2) is 36.5 Å². The van der Waals surface area contributed by atoms with E-state index in [1.54, 1.807) is 24.3 Å². The molecule has 0 saturated heterocycles. The van der Waals surface area contributed by atoms with E-state index in [9.17, 15) is 19.5 Å². The van der Waals surface area contributed by atoms with Crippen LogP contribution in [0.2, 0.25) is 0 Å². The van der Waals surface area contributed by atoms with Crippen LogP contribution in [-0.4, -0.2) is 67.6 Å². The highest BCUT2D eigenvalue weighted by Gasteiger charge is 2.35. The molecule has 3 N–H and O–H groups in total. The average molecular weight is 436 g/mol. The minimum atomic E-state index is -1.03. The van der Waals surface area contributed by atoms with Crippen molar-refractivity contribution in [2.24, 2.45) is 0 Å². The van der Waals surface area contributed by atoms with Crippen molar-refractivity contribution in [1.29, 1.82) is 0 Å². The van der Waals surface area contributed by atoms with Crippen molar-refractivity contribution in [2.75, 3.05) is 24.7 Å². The Kier molecular flexibility index (Phi) is 5.76. The minimum absolute atomic E-state index is 0.0128. The van der Waals surface area contributed by atoms with Gasteiger partial charge in [0.05, 0.1) is 30.7 Å². The number of hydrogen-bond donors (Lipinski definition) is 3. The molecule has 0 spiro atoms. The van der Waals surface area contributed by atoms with Gasteiger partial charge in [-0.1, -0.05) is 37.3 Å². The van der Waals surface area contributed by atoms with Crippen molar-refractivity contribution in [2.45, 2.75) is 26.2 Å². The lowest BCUT2D eigenvalue weighted by Crippen LogP contribution is -2.48. The molecule has 166 valence electrons. The Labute approximate surface area is 184 Å². The Morgan fingerprint density at radius 3 is 2.62 bits per heavy atom. The molecule has 1 aliphatic rings. The van der Waals surface area contributed by atoms with Crippen LogP contribution in [0.1, 0.15) is 47.9 Å². The van der Waals surface area contributed by atoms with Gasteiger partial charge in [-0.05, 0) is 18.9 Å². The number of carbonyl (C=O) groups is 3. The zero-order valence-electron chi connectivity index (χ0n) is 17.8. The summed E-state index contributed by atoms with van der Waals surface area (Å²) in [6.45, 7) is 4.39. The SMILES string of the molecule is CCCN1CN(CC(C)=O)C(=O)c2[nH]c(-c3cn[nH]c3C(C(=O)O)c3ccccc3)nc21. The molecule has 10 nitrogen and oxygen atoms in total. The van der Waals surface area contributed by atoms with E-state index >= 15 is 0 Å². The average Bonchev–Trinajstić information content (AvgIpc) is 3.39. The number of rotatable bonds is 8. The first-order chi connectivity index (χ1) is 15.4. The van der Waals surface area contributed by atoms with Crippen LogP contribution in [0.25, 0.3) is 11.4 Å². The highest BCUT2D eigenvalue weighted by atomic mass is 16.4. The van der Waals surface area contributed by atoms with Gasteiger partial charge in [-0.3, -0.25) is 19.5 Å². The minimum Gasteiger partial charge on any atom is -0.480 e. The molecular formula is C22H24N6O4. The number of Topliss-reactive ketones (excluding diaryl/α,β-unsaturated/α-hetero) is 1. The molecule has 0 aliphatic carbocycles. The van der Waals surface area contributed by atoms with Gasteiger partial charge in [-0.25, -0.2) is 4.98 Å². The molecule has 0 bridgehead atoms. The number of aliphatic carboxylic acids is 1. The molecule has 3 heterocycles. The molecule has 1 aliphatic heterocycles. The summed E-state index contributed by atoms with van der Waals surface area (Å²) in [5.41, 5.74) is 1.71. The third kappa shape index (κ3) is 3.86. The third-order valence-electron chi connectivity index (χ3n) is 5.33. The maximum atomic E-state index is 13.0. The fourth-order valence-corrected chi connectivity index (χ4v) is 3.99. The van der Waals surface area contributed by atoms with E-state index in [-0.39, 0.29) is 30.6 Å². The number of anilines is 1. The first-order valence-corrected chi connectivity index (χ1v) is 10.4. The summed E-state index contributed by atoms with van der Waals surface area (Å²) in [4.78, 5) is 47.9. The maximum Gasteiger partial charge on any atom is 0.317 e. The van der Waals surface area contributed by atoms with Gasteiger partial charge in [-0.2, -0.15) is 5.10 Å². The van der Waals surface area contributed by atoms with Gasteiger partial charge in [0.25, 0.3) is 5.91 Å². The Morgan fingerprint density at radius 1 is 1.22 bits per heavy atom. The summed E-state index contributed by atoms with van der Waals surface area (Å²) in [6.07, 6.45) is 2.33. The number of aromatic amines is 2. The lowest BCUT2D eigenvalue weighted by atomic mass is 9.93. The van der Waals surface area contributed by atoms with Crippen molar-refractivity contribution < 1.29 is 19.5 Å². The molecule has 0 saturated carbocycles. The lowest BCUT2D eigenvalue weighted by molar-refractivity contribution is -0.137. The number of aromatic nitrogens is 4. The molecule has 1 unspecified atom stereocenters. The van der Waals surface area contributed by atoms with Gasteiger partial charge >= 0.3 is 5.97 Å². The molecule has 0 fully saturated rings. The Balaban J connectivity index is 1.77. The van der Waals surface area contributed by atoms with Gasteiger partial charge < -0.3 is 19.9 Å². The standard InChI is InChI=1S/C22H24N6O4/c1-3-9-27-12-28(11-13(2)29)21(30)18-20(27)25-19(24-18)15-10-23-26-17(15)16(22(31)32)14-7-5-4-6-8-14/h4-8,10,16H,3,9,11-12H2,1-2H3,(H,23,26)(H,24,25)(H,31,32). The van der Waals surface area contributed by atoms with Crippen LogP contribution >= 0.6 is 0 Å². The van der Waals surface area contributed by atoms with Crippen molar-refractivity contribution in [1.82, 2.24) is 25.1 Å². The molecule has 3 aromatic rings.